The number of carbonyl (C=O) groups excluding carboxylic acids is 5. The maximum atomic E-state index is 16.3. The maximum absolute atomic E-state index is 16.3. The Morgan fingerprint density at radius 3 is 2.41 bits per heavy atom. The molecule has 5 N–H and O–H groups in total. The number of nitrogens with one attached hydrogen (secondary N) is 5. The molecule has 4 amide bonds. The van der Waals surface area contributed by atoms with Crippen LogP contribution in [-0.4, -0.2) is 82.5 Å². The van der Waals surface area contributed by atoms with Crippen molar-refractivity contribution in [3.05, 3.63) is 135 Å². The summed E-state index contributed by atoms with van der Waals surface area (Å²) in [5.74, 6) is -2.60. The number of ketones is 1. The van der Waals surface area contributed by atoms with Gasteiger partial charge in [0.1, 0.15) is 17.3 Å². The topological polar surface area (TPSA) is 152 Å². The smallest absolute Gasteiger partial charge is 0.255 e. The van der Waals surface area contributed by atoms with Crippen LogP contribution < -0.4 is 26.6 Å². The Kier molecular flexibility index (Phi) is 12.7. The van der Waals surface area contributed by atoms with E-state index >= 15 is 4.39 Å². The number of Topliss-reactive ketones (excluding diaryl/α,β-unsaturated/α-hetero) is 1. The van der Waals surface area contributed by atoms with Crippen LogP contribution in [-0.2, 0) is 26.3 Å². The Morgan fingerprint density at radius 2 is 1.65 bits per heavy atom. The van der Waals surface area contributed by atoms with Crippen LogP contribution in [0.3, 0.4) is 0 Å². The second-order valence-electron chi connectivity index (χ2n) is 19.5. The first kappa shape index (κ1) is 46.1. The number of likely N-dealkylation sites (tertiary alicyclic amines) is 1. The summed E-state index contributed by atoms with van der Waals surface area (Å²) in [5.41, 5.74) is 3.50. The summed E-state index contributed by atoms with van der Waals surface area (Å²) < 4.78 is 16.3. The number of fused-ring (bicyclic) bond motifs is 4. The molecule has 4 aromatic carbocycles. The Labute approximate surface area is 405 Å². The number of anilines is 3. The summed E-state index contributed by atoms with van der Waals surface area (Å²) in [7, 11) is 0. The summed E-state index contributed by atoms with van der Waals surface area (Å²) in [5, 5.41) is 16.6. The molecule has 2 spiro atoms. The average Bonchev–Trinajstić information content (AvgIpc) is 3.93. The largest absolute Gasteiger partial charge is 0.382 e. The lowest BCUT2D eigenvalue weighted by Crippen LogP contribution is -2.60. The number of amides is 4. The molecular formula is C53H56Cl2FN7O5. The number of nitrogens with zero attached hydrogens (tertiary/aromatic N) is 2. The molecule has 4 aromatic rings. The van der Waals surface area contributed by atoms with Crippen LogP contribution in [0.5, 0.6) is 0 Å². The van der Waals surface area contributed by atoms with Crippen molar-refractivity contribution in [3.63, 3.8) is 0 Å². The number of hydrogen-bond donors (Lipinski definition) is 5. The van der Waals surface area contributed by atoms with Crippen molar-refractivity contribution in [1.29, 1.82) is 0 Å². The van der Waals surface area contributed by atoms with Crippen LogP contribution in [0.2, 0.25) is 10.0 Å². The fourth-order valence-electron chi connectivity index (χ4n) is 12.3. The number of allylic oxidation sites excluding steroid dienone is 1. The SMILES string of the molecule is C=C1CCC(N2Cc3c(NC4CCN(CCCCC(=O)c5ccc(NC(=O)[C@@H]6NC7(CCCCC7)[C@@]7(C(=O)Nc8cc(Cl)ccc87)[C@H]6c6cccc(Cl)c6F)cc5)CC4)cccc3C2=O)C(=O)N1. The number of carbonyl (C=O) groups is 5. The lowest BCUT2D eigenvalue weighted by Gasteiger charge is -2.47. The third kappa shape index (κ3) is 8.18. The van der Waals surface area contributed by atoms with Gasteiger partial charge in [-0.3, -0.25) is 29.3 Å². The number of benzene rings is 4. The van der Waals surface area contributed by atoms with Gasteiger partial charge in [-0.25, -0.2) is 4.39 Å². The van der Waals surface area contributed by atoms with E-state index in [4.69, 9.17) is 23.2 Å². The van der Waals surface area contributed by atoms with E-state index in [1.807, 2.05) is 24.3 Å². The van der Waals surface area contributed by atoms with Crippen LogP contribution in [0.1, 0.15) is 120 Å². The second-order valence-corrected chi connectivity index (χ2v) is 20.3. The molecule has 0 aromatic heterocycles. The Bertz CT molecular complexity index is 2700. The van der Waals surface area contributed by atoms with Gasteiger partial charge in [0.2, 0.25) is 17.7 Å². The van der Waals surface area contributed by atoms with Crippen molar-refractivity contribution >= 4 is 69.7 Å². The molecule has 0 bridgehead atoms. The van der Waals surface area contributed by atoms with Gasteiger partial charge in [0.25, 0.3) is 5.91 Å². The fraction of sp³-hybridized carbons (Fsp3) is 0.415. The van der Waals surface area contributed by atoms with Crippen LogP contribution in [0.4, 0.5) is 21.5 Å². The van der Waals surface area contributed by atoms with Gasteiger partial charge < -0.3 is 31.1 Å². The lowest BCUT2D eigenvalue weighted by atomic mass is 9.55. The van der Waals surface area contributed by atoms with E-state index in [0.717, 1.165) is 75.8 Å². The van der Waals surface area contributed by atoms with Gasteiger partial charge in [0.15, 0.2) is 5.78 Å². The minimum Gasteiger partial charge on any atom is -0.382 e. The standard InChI is InChI=1S/C53H56Cl2FN7O5/c1-31-14-21-43(48(65)57-31)63-30-38-36(50(63)67)9-8-12-41(38)58-35-22-27-62(28-23-35)26-6-3-13-44(64)32-15-18-34(19-16-32)59-49(66)47-45(37-10-7-11-40(55)46(37)56)53(52(61-47)24-4-2-5-25-52)39-20-17-33(54)29-42(39)60-51(53)68/h7-12,15-20,29,35,43,45,47,58,61H,1-6,13-14,21-28,30H2,(H,57,65)(H,59,66)(H,60,68)/t43?,45-,47+,53+/m0/s1. The number of unbranched alkanes of at least 4 members (excludes halogenated alkanes) is 1. The van der Waals surface area contributed by atoms with Crippen molar-refractivity contribution in [2.75, 3.05) is 35.6 Å². The van der Waals surface area contributed by atoms with E-state index in [9.17, 15) is 24.0 Å². The highest BCUT2D eigenvalue weighted by atomic mass is 35.5. The van der Waals surface area contributed by atoms with Crippen molar-refractivity contribution < 1.29 is 28.4 Å². The molecule has 1 saturated carbocycles. The van der Waals surface area contributed by atoms with E-state index in [0.29, 0.717) is 77.4 Å². The van der Waals surface area contributed by atoms with E-state index in [1.165, 1.54) is 6.07 Å². The molecule has 5 aliphatic heterocycles. The highest BCUT2D eigenvalue weighted by Crippen LogP contribution is 2.63. The van der Waals surface area contributed by atoms with Crippen LogP contribution >= 0.6 is 23.2 Å². The van der Waals surface area contributed by atoms with Crippen molar-refractivity contribution in [2.24, 2.45) is 0 Å². The highest BCUT2D eigenvalue weighted by molar-refractivity contribution is 6.31. The molecule has 1 aliphatic carbocycles. The quantitative estimate of drug-likeness (QED) is 0.0697. The number of rotatable bonds is 12. The number of piperidine rings is 2. The molecule has 1 unspecified atom stereocenters. The molecule has 354 valence electrons. The molecule has 5 heterocycles. The van der Waals surface area contributed by atoms with Crippen molar-refractivity contribution in [1.82, 2.24) is 20.4 Å². The van der Waals surface area contributed by atoms with Crippen LogP contribution in [0, 0.1) is 5.82 Å². The fourth-order valence-corrected chi connectivity index (χ4v) is 12.6. The minimum absolute atomic E-state index is 0.0222. The predicted octanol–water partition coefficient (Wildman–Crippen LogP) is 9.10. The van der Waals surface area contributed by atoms with Crippen molar-refractivity contribution in [2.45, 2.75) is 119 Å². The van der Waals surface area contributed by atoms with Crippen LogP contribution in [0.25, 0.3) is 0 Å². The molecule has 4 atom stereocenters. The zero-order valence-corrected chi connectivity index (χ0v) is 39.4. The van der Waals surface area contributed by atoms with E-state index < -0.39 is 40.7 Å². The van der Waals surface area contributed by atoms with Gasteiger partial charge in [-0.15, -0.1) is 0 Å². The first-order chi connectivity index (χ1) is 32.9. The van der Waals surface area contributed by atoms with Crippen molar-refractivity contribution in [3.8, 4) is 0 Å². The van der Waals surface area contributed by atoms with E-state index in [1.54, 1.807) is 53.4 Å². The first-order valence-corrected chi connectivity index (χ1v) is 24.8. The molecule has 12 nitrogen and oxygen atoms in total. The van der Waals surface area contributed by atoms with Gasteiger partial charge in [-0.1, -0.05) is 73.3 Å². The lowest BCUT2D eigenvalue weighted by molar-refractivity contribution is -0.126. The number of hydrogen-bond acceptors (Lipinski definition) is 8. The van der Waals surface area contributed by atoms with Gasteiger partial charge >= 0.3 is 0 Å². The van der Waals surface area contributed by atoms with E-state index in [-0.39, 0.29) is 40.1 Å². The summed E-state index contributed by atoms with van der Waals surface area (Å²) in [6.07, 6.45) is 9.03. The van der Waals surface area contributed by atoms with Gasteiger partial charge in [0.05, 0.1) is 11.1 Å². The molecule has 3 saturated heterocycles. The first-order valence-electron chi connectivity index (χ1n) is 24.0. The Hall–Kier alpha value is -5.60. The monoisotopic (exact) mass is 959 g/mol. The minimum atomic E-state index is -1.34. The molecule has 4 fully saturated rings. The average molecular weight is 961 g/mol. The van der Waals surface area contributed by atoms with E-state index in [2.05, 4.69) is 38.1 Å². The zero-order valence-electron chi connectivity index (χ0n) is 37.9. The van der Waals surface area contributed by atoms with Crippen LogP contribution in [0.15, 0.2) is 91.1 Å². The number of halogens is 3. The molecule has 6 aliphatic rings. The molecule has 0 radical (unpaired) electrons. The second kappa shape index (κ2) is 18.7. The molecule has 68 heavy (non-hydrogen) atoms. The summed E-state index contributed by atoms with van der Waals surface area (Å²) in [6, 6.07) is 21.4. The predicted molar refractivity (Wildman–Crippen MR) is 262 cm³/mol. The zero-order chi connectivity index (χ0) is 47.3. The third-order valence-electron chi connectivity index (χ3n) is 15.5. The molecule has 10 rings (SSSR count). The molecule has 15 heteroatoms. The maximum Gasteiger partial charge on any atom is 0.255 e. The third-order valence-corrected chi connectivity index (χ3v) is 16.1. The molecular weight excluding hydrogens is 905 g/mol. The van der Waals surface area contributed by atoms with Gasteiger partial charge in [0, 0.05) is 88.0 Å². The van der Waals surface area contributed by atoms with Gasteiger partial charge in [-0.05, 0) is 124 Å². The Balaban J connectivity index is 0.739. The highest BCUT2D eigenvalue weighted by Gasteiger charge is 2.72. The Morgan fingerprint density at radius 1 is 0.882 bits per heavy atom. The normalized spacial score (nSPS) is 24.5. The summed E-state index contributed by atoms with van der Waals surface area (Å²) in [6.45, 7) is 7.01. The summed E-state index contributed by atoms with van der Waals surface area (Å²) in [4.78, 5) is 72.8. The summed E-state index contributed by atoms with van der Waals surface area (Å²) >= 11 is 12.8. The van der Waals surface area contributed by atoms with Gasteiger partial charge in [-0.2, -0.15) is 0 Å².